The van der Waals surface area contributed by atoms with Gasteiger partial charge in [0.2, 0.25) is 0 Å². The second-order valence-electron chi connectivity index (χ2n) is 7.35. The lowest BCUT2D eigenvalue weighted by atomic mass is 9.95. The zero-order valence-electron chi connectivity index (χ0n) is 17.6. The number of aromatic nitrogens is 4. The smallest absolute Gasteiger partial charge is 0.411 e. The minimum absolute atomic E-state index is 0.236. The van der Waals surface area contributed by atoms with E-state index in [9.17, 15) is 4.79 Å². The van der Waals surface area contributed by atoms with Gasteiger partial charge in [-0.15, -0.1) is 11.3 Å². The maximum Gasteiger partial charge on any atom is 0.411 e. The van der Waals surface area contributed by atoms with Gasteiger partial charge in [0.05, 0.1) is 33.6 Å². The van der Waals surface area contributed by atoms with Gasteiger partial charge in [-0.2, -0.15) is 5.10 Å². The van der Waals surface area contributed by atoms with Gasteiger partial charge in [-0.25, -0.2) is 18.9 Å². The highest BCUT2D eigenvalue weighted by atomic mass is 32.1. The SMILES string of the molecule is CCOC(=O)Nc1ccc(-n2nc(-c3cccnc3)c3c2-c2sc(C)nc2CC3)c(F)c1. The van der Waals surface area contributed by atoms with Crippen molar-refractivity contribution >= 4 is 23.1 Å². The summed E-state index contributed by atoms with van der Waals surface area (Å²) in [6, 6.07) is 8.33. The van der Waals surface area contributed by atoms with Gasteiger partial charge in [-0.05, 0) is 57.0 Å². The van der Waals surface area contributed by atoms with Crippen LogP contribution >= 0.6 is 11.3 Å². The van der Waals surface area contributed by atoms with Crippen LogP contribution in [0.15, 0.2) is 42.7 Å². The van der Waals surface area contributed by atoms with Gasteiger partial charge in [-0.3, -0.25) is 10.3 Å². The summed E-state index contributed by atoms with van der Waals surface area (Å²) < 4.78 is 21.8. The molecule has 0 atom stereocenters. The number of pyridine rings is 1. The Bertz CT molecular complexity index is 1320. The van der Waals surface area contributed by atoms with Crippen molar-refractivity contribution in [3.8, 4) is 27.5 Å². The second kappa shape index (κ2) is 8.16. The number of fused-ring (bicyclic) bond motifs is 3. The Morgan fingerprint density at radius 2 is 2.19 bits per heavy atom. The Labute approximate surface area is 187 Å². The molecule has 0 radical (unpaired) electrons. The van der Waals surface area contributed by atoms with Crippen molar-refractivity contribution in [3.63, 3.8) is 0 Å². The maximum atomic E-state index is 15.3. The number of hydrogen-bond donors (Lipinski definition) is 1. The molecule has 0 fully saturated rings. The molecule has 162 valence electrons. The van der Waals surface area contributed by atoms with E-state index in [-0.39, 0.29) is 6.61 Å². The number of hydrogen-bond acceptors (Lipinski definition) is 6. The number of nitrogens with one attached hydrogen (secondary N) is 1. The second-order valence-corrected chi connectivity index (χ2v) is 8.55. The summed E-state index contributed by atoms with van der Waals surface area (Å²) in [5.41, 5.74) is 5.21. The standard InChI is InChI=1S/C23H20FN5O2S/c1-3-31-23(30)27-15-6-9-19(17(24)11-15)29-21-16(7-8-18-22(21)32-13(2)26-18)20(28-29)14-5-4-10-25-12-14/h4-6,9-12H,3,7-8H2,1-2H3,(H,27,30). The first-order valence-electron chi connectivity index (χ1n) is 10.3. The van der Waals surface area contributed by atoms with Crippen molar-refractivity contribution < 1.29 is 13.9 Å². The van der Waals surface area contributed by atoms with E-state index in [1.807, 2.05) is 19.1 Å². The van der Waals surface area contributed by atoms with Crippen LogP contribution in [-0.4, -0.2) is 32.4 Å². The van der Waals surface area contributed by atoms with Crippen molar-refractivity contribution in [3.05, 3.63) is 64.8 Å². The number of carbonyl (C=O) groups excluding carboxylic acids is 1. The van der Waals surface area contributed by atoms with E-state index in [1.165, 1.54) is 6.07 Å². The van der Waals surface area contributed by atoms with Crippen molar-refractivity contribution in [2.45, 2.75) is 26.7 Å². The predicted octanol–water partition coefficient (Wildman–Crippen LogP) is 5.17. The number of nitrogens with zero attached hydrogens (tertiary/aromatic N) is 4. The van der Waals surface area contributed by atoms with E-state index in [4.69, 9.17) is 9.84 Å². The molecule has 1 amide bonds. The number of halogens is 1. The summed E-state index contributed by atoms with van der Waals surface area (Å²) in [6.07, 6.45) is 4.44. The Hall–Kier alpha value is -3.59. The van der Waals surface area contributed by atoms with Crippen LogP contribution in [0.4, 0.5) is 14.9 Å². The van der Waals surface area contributed by atoms with E-state index in [2.05, 4.69) is 15.3 Å². The third-order valence-electron chi connectivity index (χ3n) is 5.25. The van der Waals surface area contributed by atoms with Gasteiger partial charge in [0.1, 0.15) is 5.69 Å². The normalized spacial score (nSPS) is 12.2. The zero-order chi connectivity index (χ0) is 22.2. The van der Waals surface area contributed by atoms with E-state index < -0.39 is 11.9 Å². The van der Waals surface area contributed by atoms with Crippen LogP contribution < -0.4 is 5.32 Å². The topological polar surface area (TPSA) is 81.9 Å². The van der Waals surface area contributed by atoms with Gasteiger partial charge in [-0.1, -0.05) is 0 Å². The molecule has 0 saturated carbocycles. The first kappa shape index (κ1) is 20.3. The fourth-order valence-corrected chi connectivity index (χ4v) is 4.96. The lowest BCUT2D eigenvalue weighted by Crippen LogP contribution is -2.14. The van der Waals surface area contributed by atoms with E-state index in [1.54, 1.807) is 47.5 Å². The largest absolute Gasteiger partial charge is 0.450 e. The number of carbonyl (C=O) groups is 1. The zero-order valence-corrected chi connectivity index (χ0v) is 18.4. The number of rotatable bonds is 4. The van der Waals surface area contributed by atoms with Crippen LogP contribution in [0.5, 0.6) is 0 Å². The minimum atomic E-state index is -0.625. The molecule has 4 aromatic rings. The third-order valence-corrected chi connectivity index (χ3v) is 6.27. The summed E-state index contributed by atoms with van der Waals surface area (Å²) in [7, 11) is 0. The molecular weight excluding hydrogens is 429 g/mol. The van der Waals surface area contributed by atoms with Crippen LogP contribution in [0.3, 0.4) is 0 Å². The Balaban J connectivity index is 1.65. The molecule has 0 aliphatic heterocycles. The molecular formula is C23H20FN5O2S. The Morgan fingerprint density at radius 1 is 1.31 bits per heavy atom. The molecule has 32 heavy (non-hydrogen) atoms. The molecule has 1 aromatic carbocycles. The molecule has 0 saturated heterocycles. The van der Waals surface area contributed by atoms with Crippen molar-refractivity contribution in [2.24, 2.45) is 0 Å². The lowest BCUT2D eigenvalue weighted by Gasteiger charge is -2.15. The van der Waals surface area contributed by atoms with E-state index in [0.717, 1.165) is 50.9 Å². The lowest BCUT2D eigenvalue weighted by molar-refractivity contribution is 0.168. The summed E-state index contributed by atoms with van der Waals surface area (Å²) in [6.45, 7) is 3.92. The highest BCUT2D eigenvalue weighted by Crippen LogP contribution is 2.43. The van der Waals surface area contributed by atoms with Gasteiger partial charge in [0, 0.05) is 29.2 Å². The molecule has 5 rings (SSSR count). The highest BCUT2D eigenvalue weighted by molar-refractivity contribution is 7.15. The average Bonchev–Trinajstić information content (AvgIpc) is 3.34. The molecule has 7 nitrogen and oxygen atoms in total. The van der Waals surface area contributed by atoms with Crippen LogP contribution in [0, 0.1) is 12.7 Å². The summed E-state index contributed by atoms with van der Waals surface area (Å²) in [5.74, 6) is -0.504. The van der Waals surface area contributed by atoms with Crippen molar-refractivity contribution in [2.75, 3.05) is 11.9 Å². The molecule has 3 heterocycles. The maximum absolute atomic E-state index is 15.3. The average molecular weight is 450 g/mol. The molecule has 0 bridgehead atoms. The monoisotopic (exact) mass is 449 g/mol. The third kappa shape index (κ3) is 3.54. The van der Waals surface area contributed by atoms with E-state index in [0.29, 0.717) is 11.4 Å². The first-order valence-corrected chi connectivity index (χ1v) is 11.1. The first-order chi connectivity index (χ1) is 15.5. The minimum Gasteiger partial charge on any atom is -0.450 e. The number of amides is 1. The van der Waals surface area contributed by atoms with Crippen LogP contribution in [0.2, 0.25) is 0 Å². The molecule has 3 aromatic heterocycles. The van der Waals surface area contributed by atoms with Gasteiger partial charge < -0.3 is 4.74 Å². The molecule has 9 heteroatoms. The number of anilines is 1. The number of thiazole rings is 1. The summed E-state index contributed by atoms with van der Waals surface area (Å²) >= 11 is 1.59. The predicted molar refractivity (Wildman–Crippen MR) is 121 cm³/mol. The van der Waals surface area contributed by atoms with Crippen molar-refractivity contribution in [1.82, 2.24) is 19.7 Å². The number of benzene rings is 1. The Kier molecular flexibility index (Phi) is 5.18. The summed E-state index contributed by atoms with van der Waals surface area (Å²) in [4.78, 5) is 21.6. The number of ether oxygens (including phenoxy) is 1. The quantitative estimate of drug-likeness (QED) is 0.465. The molecule has 1 aliphatic rings. The molecule has 1 aliphatic carbocycles. The van der Waals surface area contributed by atoms with Gasteiger partial charge in [0.25, 0.3) is 0 Å². The fraction of sp³-hybridized carbons (Fsp3) is 0.217. The molecule has 1 N–H and O–H groups in total. The van der Waals surface area contributed by atoms with Crippen LogP contribution in [0.25, 0.3) is 27.5 Å². The highest BCUT2D eigenvalue weighted by Gasteiger charge is 2.30. The van der Waals surface area contributed by atoms with Gasteiger partial charge >= 0.3 is 6.09 Å². The van der Waals surface area contributed by atoms with E-state index >= 15 is 4.39 Å². The van der Waals surface area contributed by atoms with Gasteiger partial charge in [0.15, 0.2) is 5.82 Å². The molecule has 0 unspecified atom stereocenters. The summed E-state index contributed by atoms with van der Waals surface area (Å²) in [5, 5.41) is 8.32. The van der Waals surface area contributed by atoms with Crippen molar-refractivity contribution in [1.29, 1.82) is 0 Å². The molecule has 0 spiro atoms. The number of aryl methyl sites for hydroxylation is 2. The van der Waals surface area contributed by atoms with Crippen LogP contribution in [0.1, 0.15) is 23.2 Å². The Morgan fingerprint density at radius 3 is 2.94 bits per heavy atom. The van der Waals surface area contributed by atoms with Crippen LogP contribution in [-0.2, 0) is 17.6 Å². The fourth-order valence-electron chi connectivity index (χ4n) is 3.94.